The van der Waals surface area contributed by atoms with Gasteiger partial charge in [-0.2, -0.15) is 8.78 Å². The minimum absolute atomic E-state index is 0.0111. The maximum atomic E-state index is 12.5. The van der Waals surface area contributed by atoms with E-state index in [1.165, 1.54) is 16.8 Å². The largest absolute Gasteiger partial charge is 0.443 e. The maximum Gasteiger partial charge on any atom is 0.419 e. The van der Waals surface area contributed by atoms with Crippen LogP contribution >= 0.6 is 0 Å². The molecule has 2 rings (SSSR count). The fraction of sp³-hybridized carbons (Fsp3) is 0.438. The molecule has 0 bridgehead atoms. The van der Waals surface area contributed by atoms with Crippen molar-refractivity contribution in [3.05, 3.63) is 29.5 Å². The van der Waals surface area contributed by atoms with E-state index in [1.807, 2.05) is 0 Å². The minimum atomic E-state index is -2.94. The van der Waals surface area contributed by atoms with Crippen LogP contribution in [0.15, 0.2) is 18.3 Å². The van der Waals surface area contributed by atoms with Gasteiger partial charge in [0.15, 0.2) is 0 Å². The lowest BCUT2D eigenvalue weighted by Gasteiger charge is -2.20. The van der Waals surface area contributed by atoms with E-state index in [1.54, 1.807) is 33.8 Å². The molecule has 0 unspecified atom stereocenters. The number of halogens is 2. The predicted molar refractivity (Wildman–Crippen MR) is 82.8 cm³/mol. The number of carbonyl (C=O) groups excluding carboxylic acids is 1. The number of fused-ring (bicyclic) bond motifs is 1. The average Bonchev–Trinajstić information content (AvgIpc) is 2.81. The van der Waals surface area contributed by atoms with Gasteiger partial charge in [0, 0.05) is 23.7 Å². The summed E-state index contributed by atoms with van der Waals surface area (Å²) in [4.78, 5) is 12.3. The van der Waals surface area contributed by atoms with Gasteiger partial charge in [-0.05, 0) is 45.4 Å². The molecule has 0 aliphatic rings. The van der Waals surface area contributed by atoms with Gasteiger partial charge in [-0.1, -0.05) is 0 Å². The topological polar surface area (TPSA) is 66.5 Å². The molecule has 0 radical (unpaired) electrons. The van der Waals surface area contributed by atoms with Gasteiger partial charge >= 0.3 is 12.7 Å². The third-order valence-electron chi connectivity index (χ3n) is 3.24. The first-order valence-electron chi connectivity index (χ1n) is 7.16. The third-order valence-corrected chi connectivity index (χ3v) is 3.24. The first-order chi connectivity index (χ1) is 10.6. The van der Waals surface area contributed by atoms with Crippen LogP contribution < -0.4 is 10.5 Å². The van der Waals surface area contributed by atoms with Crippen molar-refractivity contribution in [2.75, 3.05) is 0 Å². The van der Waals surface area contributed by atoms with Gasteiger partial charge < -0.3 is 15.2 Å². The van der Waals surface area contributed by atoms with Crippen LogP contribution in [0.25, 0.3) is 10.9 Å². The van der Waals surface area contributed by atoms with E-state index in [9.17, 15) is 13.6 Å². The Hall–Kier alpha value is -2.15. The summed E-state index contributed by atoms with van der Waals surface area (Å²) in [6.45, 7) is 4.08. The summed E-state index contributed by atoms with van der Waals surface area (Å²) in [5.41, 5.74) is 6.65. The fourth-order valence-corrected chi connectivity index (χ4v) is 2.44. The van der Waals surface area contributed by atoms with E-state index in [-0.39, 0.29) is 12.3 Å². The molecule has 0 saturated carbocycles. The van der Waals surface area contributed by atoms with Crippen LogP contribution in [0.4, 0.5) is 13.6 Å². The highest BCUT2D eigenvalue weighted by atomic mass is 19.3. The summed E-state index contributed by atoms with van der Waals surface area (Å²) in [6, 6.07) is 3.10. The van der Waals surface area contributed by atoms with Crippen molar-refractivity contribution in [2.24, 2.45) is 5.73 Å². The molecule has 0 saturated heterocycles. The van der Waals surface area contributed by atoms with E-state index in [2.05, 4.69) is 4.74 Å². The normalized spacial score (nSPS) is 12.0. The SMILES string of the molecule is Cc1cc(OC(F)F)c(CN)c2ccn(C(=O)OC(C)(C)C)c12. The Morgan fingerprint density at radius 2 is 2.04 bits per heavy atom. The van der Waals surface area contributed by atoms with Gasteiger partial charge in [-0.25, -0.2) is 4.79 Å². The molecule has 0 spiro atoms. The number of nitrogens with zero attached hydrogens (tertiary/aromatic N) is 1. The predicted octanol–water partition coefficient (Wildman–Crippen LogP) is 3.79. The second-order valence-electron chi connectivity index (χ2n) is 6.18. The molecule has 0 fully saturated rings. The quantitative estimate of drug-likeness (QED) is 0.932. The number of aryl methyl sites for hydroxylation is 1. The van der Waals surface area contributed by atoms with Crippen molar-refractivity contribution in [1.29, 1.82) is 0 Å². The Bertz CT molecular complexity index is 733. The van der Waals surface area contributed by atoms with Crippen LogP contribution in [0.5, 0.6) is 5.75 Å². The summed E-state index contributed by atoms with van der Waals surface area (Å²) in [6.07, 6.45) is 0.998. The zero-order valence-corrected chi connectivity index (χ0v) is 13.5. The standard InChI is InChI=1S/C16H20F2N2O3/c1-9-7-12(22-14(17)18)11(8-19)10-5-6-20(13(9)10)15(21)23-16(2,3)4/h5-7,14H,8,19H2,1-4H3. The van der Waals surface area contributed by atoms with Crippen LogP contribution in [-0.2, 0) is 11.3 Å². The van der Waals surface area contributed by atoms with Gasteiger partial charge in [0.25, 0.3) is 0 Å². The Labute approximate surface area is 133 Å². The molecule has 0 amide bonds. The maximum absolute atomic E-state index is 12.5. The second kappa shape index (κ2) is 6.16. The summed E-state index contributed by atoms with van der Waals surface area (Å²) < 4.78 is 36.3. The highest BCUT2D eigenvalue weighted by molar-refractivity contribution is 5.95. The monoisotopic (exact) mass is 326 g/mol. The van der Waals surface area contributed by atoms with Gasteiger partial charge in [0.2, 0.25) is 0 Å². The molecule has 2 N–H and O–H groups in total. The minimum Gasteiger partial charge on any atom is -0.443 e. The molecule has 1 aromatic carbocycles. The van der Waals surface area contributed by atoms with Crippen molar-refractivity contribution in [2.45, 2.75) is 46.5 Å². The van der Waals surface area contributed by atoms with Crippen LogP contribution in [0, 0.1) is 6.92 Å². The number of hydrogen-bond acceptors (Lipinski definition) is 4. The van der Waals surface area contributed by atoms with Gasteiger partial charge in [0.1, 0.15) is 11.4 Å². The van der Waals surface area contributed by atoms with E-state index < -0.39 is 18.3 Å². The first kappa shape index (κ1) is 17.2. The fourth-order valence-electron chi connectivity index (χ4n) is 2.44. The molecule has 23 heavy (non-hydrogen) atoms. The molecule has 0 atom stereocenters. The molecule has 2 aromatic rings. The smallest absolute Gasteiger partial charge is 0.419 e. The third kappa shape index (κ3) is 3.61. The van der Waals surface area contributed by atoms with Crippen molar-refractivity contribution in [3.63, 3.8) is 0 Å². The number of benzene rings is 1. The van der Waals surface area contributed by atoms with E-state index in [4.69, 9.17) is 10.5 Å². The zero-order chi connectivity index (χ0) is 17.4. The molecular formula is C16H20F2N2O3. The van der Waals surface area contributed by atoms with Crippen LogP contribution in [0.3, 0.4) is 0 Å². The Morgan fingerprint density at radius 3 is 2.57 bits per heavy atom. The molecule has 7 heteroatoms. The average molecular weight is 326 g/mol. The van der Waals surface area contributed by atoms with Crippen molar-refractivity contribution < 1.29 is 23.0 Å². The molecule has 5 nitrogen and oxygen atoms in total. The summed E-state index contributed by atoms with van der Waals surface area (Å²) in [7, 11) is 0. The first-order valence-corrected chi connectivity index (χ1v) is 7.16. The highest BCUT2D eigenvalue weighted by Gasteiger charge is 2.22. The molecular weight excluding hydrogens is 306 g/mol. The van der Waals surface area contributed by atoms with Crippen molar-refractivity contribution in [1.82, 2.24) is 4.57 Å². The number of aromatic nitrogens is 1. The van der Waals surface area contributed by atoms with Crippen molar-refractivity contribution in [3.8, 4) is 5.75 Å². The zero-order valence-electron chi connectivity index (χ0n) is 13.5. The Kier molecular flexibility index (Phi) is 4.61. The number of alkyl halides is 2. The van der Waals surface area contributed by atoms with Crippen LogP contribution in [-0.4, -0.2) is 22.9 Å². The number of carbonyl (C=O) groups is 1. The van der Waals surface area contributed by atoms with E-state index in [0.29, 0.717) is 22.0 Å². The highest BCUT2D eigenvalue weighted by Crippen LogP contribution is 2.33. The number of ether oxygens (including phenoxy) is 2. The number of rotatable bonds is 3. The second-order valence-corrected chi connectivity index (χ2v) is 6.18. The Morgan fingerprint density at radius 1 is 1.39 bits per heavy atom. The molecule has 1 aromatic heterocycles. The number of hydrogen-bond donors (Lipinski definition) is 1. The molecule has 126 valence electrons. The molecule has 0 aliphatic heterocycles. The molecule has 0 aliphatic carbocycles. The van der Waals surface area contributed by atoms with Crippen LogP contribution in [0.2, 0.25) is 0 Å². The van der Waals surface area contributed by atoms with Gasteiger partial charge in [-0.15, -0.1) is 0 Å². The Balaban J connectivity index is 2.58. The van der Waals surface area contributed by atoms with Gasteiger partial charge in [0.05, 0.1) is 5.52 Å². The lowest BCUT2D eigenvalue weighted by atomic mass is 10.1. The summed E-state index contributed by atoms with van der Waals surface area (Å²) >= 11 is 0. The molecule has 1 heterocycles. The lowest BCUT2D eigenvalue weighted by molar-refractivity contribution is -0.0503. The number of nitrogens with two attached hydrogens (primary N) is 1. The van der Waals surface area contributed by atoms with E-state index in [0.717, 1.165) is 0 Å². The van der Waals surface area contributed by atoms with Gasteiger partial charge in [-0.3, -0.25) is 4.57 Å². The summed E-state index contributed by atoms with van der Waals surface area (Å²) in [5.74, 6) is 0.0226. The van der Waals surface area contributed by atoms with E-state index >= 15 is 0 Å². The van der Waals surface area contributed by atoms with Crippen molar-refractivity contribution >= 4 is 17.0 Å². The summed E-state index contributed by atoms with van der Waals surface area (Å²) in [5, 5.41) is 0.592. The van der Waals surface area contributed by atoms with Crippen LogP contribution in [0.1, 0.15) is 31.9 Å². The lowest BCUT2D eigenvalue weighted by Crippen LogP contribution is -2.26.